The van der Waals surface area contributed by atoms with Gasteiger partial charge in [0.2, 0.25) is 0 Å². The molecule has 22 aromatic rings. The first-order valence-corrected chi connectivity index (χ1v) is 49.7. The van der Waals surface area contributed by atoms with Gasteiger partial charge in [0.25, 0.3) is 0 Å². The second-order valence-electron chi connectivity index (χ2n) is 38.6. The monoisotopic (exact) mass is 1850 g/mol. The van der Waals surface area contributed by atoms with Crippen molar-refractivity contribution in [3.8, 4) is 77.9 Å². The molecular formula is C138H88N4O3. The maximum Gasteiger partial charge on any atom is 0.193 e. The van der Waals surface area contributed by atoms with Crippen molar-refractivity contribution in [3.63, 3.8) is 0 Å². The normalized spacial score (nSPS) is 13.9. The van der Waals surface area contributed by atoms with E-state index in [1.807, 2.05) is 54.6 Å². The Labute approximate surface area is 841 Å². The van der Waals surface area contributed by atoms with Gasteiger partial charge >= 0.3 is 0 Å². The van der Waals surface area contributed by atoms with E-state index < -0.39 is 16.2 Å². The summed E-state index contributed by atoms with van der Waals surface area (Å²) >= 11 is 0. The Balaban J connectivity index is 0.587. The predicted molar refractivity (Wildman–Crippen MR) is 589 cm³/mol. The molecule has 7 nitrogen and oxygen atoms in total. The molecule has 145 heavy (non-hydrogen) atoms. The maximum absolute atomic E-state index is 16.9. The van der Waals surface area contributed by atoms with Crippen molar-refractivity contribution < 1.29 is 14.4 Å². The maximum atomic E-state index is 16.9. The molecule has 1 unspecified atom stereocenters. The Kier molecular flexibility index (Phi) is 19.4. The molecule has 0 aromatic heterocycles. The summed E-state index contributed by atoms with van der Waals surface area (Å²) in [4.78, 5) is 58.1. The van der Waals surface area contributed by atoms with Gasteiger partial charge in [0.05, 0.1) is 16.2 Å². The number of benzene rings is 22. The third kappa shape index (κ3) is 12.8. The quantitative estimate of drug-likeness (QED) is 0.0748. The minimum absolute atomic E-state index is 0.0825. The minimum Gasteiger partial charge on any atom is -0.310 e. The molecule has 28 rings (SSSR count). The molecule has 0 bridgehead atoms. The Morgan fingerprint density at radius 1 is 0.124 bits per heavy atom. The average Bonchev–Trinajstić information content (AvgIpc) is 1.52. The Morgan fingerprint density at radius 3 is 0.621 bits per heavy atom. The number of hydrogen-bond donors (Lipinski definition) is 0. The molecule has 0 radical (unpaired) electrons. The lowest BCUT2D eigenvalue weighted by Gasteiger charge is -2.33. The SMILES string of the molecule is O=C(c1ccc2c(c1)C1(c3ccccc3-c3ccccc31)c1ccc(-c3cccc(C(=O)c4ccc5c(c4)C4(c6cc(C(=O)c7ccccc7)ccc6-c6ccc(N(c7ccccc7)c7ccccc7)cc64)c4cc(N(c6ccccc6)c6ccccc6)ccc4-5)c3)cc1-2)c1ccc2c(c1)C1(c3ccccc3-2)c2cc(N(c3ccccc3)c3ccccc3)ccc2-c2ccc(N(c3ccccc3)c3ccccc3)cc21. The molecule has 3 spiro atoms. The fourth-order valence-corrected chi connectivity index (χ4v) is 25.1. The molecule has 0 heterocycles. The van der Waals surface area contributed by atoms with Crippen molar-refractivity contribution in [2.24, 2.45) is 0 Å². The van der Waals surface area contributed by atoms with Gasteiger partial charge in [-0.1, -0.05) is 352 Å². The molecule has 0 aliphatic heterocycles. The molecule has 6 aliphatic rings. The Bertz CT molecular complexity index is 8630. The third-order valence-corrected chi connectivity index (χ3v) is 31.2. The molecular weight excluding hydrogens is 1760 g/mol. The highest BCUT2D eigenvalue weighted by Crippen LogP contribution is 2.69. The Morgan fingerprint density at radius 2 is 0.324 bits per heavy atom. The van der Waals surface area contributed by atoms with Crippen molar-refractivity contribution in [1.82, 2.24) is 0 Å². The second kappa shape index (κ2) is 33.4. The summed E-state index contributed by atoms with van der Waals surface area (Å²) in [6.07, 6.45) is 0. The van der Waals surface area contributed by atoms with Crippen molar-refractivity contribution in [2.45, 2.75) is 16.2 Å². The molecule has 0 fully saturated rings. The van der Waals surface area contributed by atoms with E-state index in [4.69, 9.17) is 0 Å². The fraction of sp³-hybridized carbons (Fsp3) is 0.0217. The fourth-order valence-electron chi connectivity index (χ4n) is 25.1. The first-order chi connectivity index (χ1) is 71.7. The highest BCUT2D eigenvalue weighted by atomic mass is 16.1. The summed E-state index contributed by atoms with van der Waals surface area (Å²) in [5.41, 5.74) is 40.1. The Hall–Kier alpha value is -19.0. The first-order valence-electron chi connectivity index (χ1n) is 49.7. The number of rotatable bonds is 19. The minimum atomic E-state index is -1.12. The zero-order valence-corrected chi connectivity index (χ0v) is 78.8. The molecule has 678 valence electrons. The van der Waals surface area contributed by atoms with Crippen LogP contribution in [0.5, 0.6) is 0 Å². The molecule has 0 saturated heterocycles. The van der Waals surface area contributed by atoms with E-state index >= 15 is 14.4 Å². The summed E-state index contributed by atoms with van der Waals surface area (Å²) in [6.45, 7) is 0. The van der Waals surface area contributed by atoms with Gasteiger partial charge < -0.3 is 19.6 Å². The van der Waals surface area contributed by atoms with Crippen molar-refractivity contribution in [3.05, 3.63) is 634 Å². The summed E-state index contributed by atoms with van der Waals surface area (Å²) in [5.74, 6) is -0.301. The van der Waals surface area contributed by atoms with E-state index in [0.29, 0.717) is 33.4 Å². The molecule has 7 heteroatoms. The summed E-state index contributed by atoms with van der Waals surface area (Å²) in [5, 5.41) is 0. The van der Waals surface area contributed by atoms with Gasteiger partial charge in [-0.25, -0.2) is 0 Å². The molecule has 22 aromatic carbocycles. The summed E-state index contributed by atoms with van der Waals surface area (Å²) < 4.78 is 0. The van der Waals surface area contributed by atoms with Crippen LogP contribution >= 0.6 is 0 Å². The highest BCUT2D eigenvalue weighted by molar-refractivity contribution is 6.15. The molecule has 1 atom stereocenters. The molecule has 0 N–H and O–H groups in total. The molecule has 6 aliphatic carbocycles. The van der Waals surface area contributed by atoms with Gasteiger partial charge in [-0.3, -0.25) is 14.4 Å². The van der Waals surface area contributed by atoms with E-state index in [0.717, 1.165) is 213 Å². The number of hydrogen-bond acceptors (Lipinski definition) is 7. The molecule has 0 amide bonds. The van der Waals surface area contributed by atoms with Crippen molar-refractivity contribution in [2.75, 3.05) is 19.6 Å². The van der Waals surface area contributed by atoms with Gasteiger partial charge in [-0.05, 0) is 327 Å². The second-order valence-corrected chi connectivity index (χ2v) is 38.6. The van der Waals surface area contributed by atoms with Crippen LogP contribution in [0, 0.1) is 0 Å². The van der Waals surface area contributed by atoms with Crippen molar-refractivity contribution in [1.29, 1.82) is 0 Å². The molecule has 0 saturated carbocycles. The van der Waals surface area contributed by atoms with Crippen LogP contribution in [0.3, 0.4) is 0 Å². The predicted octanol–water partition coefficient (Wildman–Crippen LogP) is 34.0. The number of fused-ring (bicyclic) bond motifs is 30. The van der Waals surface area contributed by atoms with E-state index in [9.17, 15) is 0 Å². The summed E-state index contributed by atoms with van der Waals surface area (Å²) in [6, 6.07) is 189. The standard InChI is InChI=1S/C138H88N4O3/c143-133(89-35-10-1-11-36-89)93-61-71-113-115-74-66-107(141(101-47-20-6-21-48-101)102-49-22-7-23-50-102)87-131(115)138(126(113)81-93)127-83-94(63-72-114(127)116-75-67-108(88-132(116)138)142(103-51-24-8-25-52-103)104-53-26-9-27-54-104)134(144)92-38-34-37-90(79-92)91-65-78-124-120(80-91)119-73-64-96(84-128(119)136(124)121-58-31-28-55-109(121)110-56-29-32-59-122(110)136)135(145)95-62-70-112-111-57-30-33-60-123(111)137(125(112)82-95)129-85-105(139(97-39-12-2-13-40-97)98-41-14-3-15-42-98)68-76-117(129)118-77-69-106(86-130(118)137)140(99-43-16-4-17-44-99)100-45-18-5-19-46-100/h1-88H. The van der Waals surface area contributed by atoms with Crippen LogP contribution in [0.25, 0.3) is 77.9 Å². The van der Waals surface area contributed by atoms with Crippen LogP contribution < -0.4 is 19.6 Å². The van der Waals surface area contributed by atoms with E-state index in [2.05, 4.69) is 499 Å². The van der Waals surface area contributed by atoms with Gasteiger partial charge in [0.1, 0.15) is 0 Å². The number of carbonyl (C=O) groups excluding carboxylic acids is 3. The van der Waals surface area contributed by atoms with Gasteiger partial charge in [0, 0.05) is 102 Å². The lowest BCUT2D eigenvalue weighted by atomic mass is 9.69. The van der Waals surface area contributed by atoms with Gasteiger partial charge in [0.15, 0.2) is 17.3 Å². The van der Waals surface area contributed by atoms with Crippen LogP contribution in [0.1, 0.15) is 115 Å². The smallest absolute Gasteiger partial charge is 0.193 e. The first kappa shape index (κ1) is 84.1. The number of nitrogens with zero attached hydrogens (tertiary/aromatic N) is 4. The lowest BCUT2D eigenvalue weighted by molar-refractivity contribution is 0.103. The van der Waals surface area contributed by atoms with E-state index in [1.165, 1.54) is 0 Å². The largest absolute Gasteiger partial charge is 0.310 e. The number of anilines is 12. The highest BCUT2D eigenvalue weighted by Gasteiger charge is 2.57. The third-order valence-electron chi connectivity index (χ3n) is 31.2. The number of ketones is 3. The average molecular weight is 1850 g/mol. The van der Waals surface area contributed by atoms with Gasteiger partial charge in [-0.15, -0.1) is 0 Å². The zero-order chi connectivity index (χ0) is 96.2. The van der Waals surface area contributed by atoms with Crippen LogP contribution in [0.4, 0.5) is 68.2 Å². The van der Waals surface area contributed by atoms with Crippen LogP contribution in [-0.4, -0.2) is 17.3 Å². The zero-order valence-electron chi connectivity index (χ0n) is 78.8. The lowest BCUT2D eigenvalue weighted by Crippen LogP contribution is -2.27. The summed E-state index contributed by atoms with van der Waals surface area (Å²) in [7, 11) is 0. The van der Waals surface area contributed by atoms with E-state index in [-0.39, 0.29) is 17.3 Å². The number of para-hydroxylation sites is 8. The van der Waals surface area contributed by atoms with Crippen LogP contribution in [0.15, 0.2) is 534 Å². The number of carbonyl (C=O) groups is 3. The van der Waals surface area contributed by atoms with E-state index in [1.54, 1.807) is 0 Å². The van der Waals surface area contributed by atoms with Crippen molar-refractivity contribution >= 4 is 85.6 Å². The van der Waals surface area contributed by atoms with Crippen LogP contribution in [-0.2, 0) is 16.2 Å². The van der Waals surface area contributed by atoms with Crippen LogP contribution in [0.2, 0.25) is 0 Å². The topological polar surface area (TPSA) is 64.2 Å². The van der Waals surface area contributed by atoms with Gasteiger partial charge in [-0.2, -0.15) is 0 Å².